The lowest BCUT2D eigenvalue weighted by molar-refractivity contribution is -0.389. The van der Waals surface area contributed by atoms with E-state index in [2.05, 4.69) is 15.6 Å². The van der Waals surface area contributed by atoms with E-state index >= 15 is 0 Å². The summed E-state index contributed by atoms with van der Waals surface area (Å²) in [5, 5.41) is 18.2. The number of ether oxygens (including phenoxy) is 2. The zero-order valence-corrected chi connectivity index (χ0v) is 14.8. The molecule has 11 nitrogen and oxygen atoms in total. The number of benzene rings is 1. The molecule has 0 unspecified atom stereocenters. The van der Waals surface area contributed by atoms with Crippen molar-refractivity contribution in [3.8, 4) is 11.5 Å². The Morgan fingerprint density at radius 3 is 2.78 bits per heavy atom. The molecule has 0 atom stereocenters. The number of aromatic nitrogens is 2. The lowest BCUT2D eigenvalue weighted by Gasteiger charge is -2.10. The highest BCUT2D eigenvalue weighted by molar-refractivity contribution is 5.88. The van der Waals surface area contributed by atoms with Gasteiger partial charge in [0.05, 0.1) is 30.2 Å². The number of rotatable bonds is 7. The van der Waals surface area contributed by atoms with E-state index in [-0.39, 0.29) is 18.1 Å². The molecule has 0 aliphatic carbocycles. The van der Waals surface area contributed by atoms with Crippen molar-refractivity contribution in [1.82, 2.24) is 15.2 Å². The number of methoxy groups -OCH3 is 1. The Balaban J connectivity index is 2.08. The first-order valence-electron chi connectivity index (χ1n) is 7.68. The molecular formula is C16H17N5O6. The van der Waals surface area contributed by atoms with Gasteiger partial charge in [0, 0.05) is 12.5 Å². The quantitative estimate of drug-likeness (QED) is 0.252. The molecule has 1 aromatic carbocycles. The molecule has 11 heteroatoms. The number of para-hydroxylation sites is 1. The van der Waals surface area contributed by atoms with Crippen LogP contribution in [0.15, 0.2) is 29.4 Å². The number of hydrogen-bond acceptors (Lipinski definition) is 8. The monoisotopic (exact) mass is 375 g/mol. The van der Waals surface area contributed by atoms with Crippen LogP contribution in [0.25, 0.3) is 0 Å². The second-order valence-electron chi connectivity index (χ2n) is 5.32. The summed E-state index contributed by atoms with van der Waals surface area (Å²) in [6, 6.07) is 6.17. The van der Waals surface area contributed by atoms with Gasteiger partial charge in [-0.1, -0.05) is 6.07 Å². The summed E-state index contributed by atoms with van der Waals surface area (Å²) in [6.45, 7) is 2.60. The molecule has 1 heterocycles. The maximum Gasteiger partial charge on any atom is 0.390 e. The normalized spacial score (nSPS) is 10.6. The maximum atomic E-state index is 12.0. The molecule has 0 aliphatic heterocycles. The Hall–Kier alpha value is -3.76. The van der Waals surface area contributed by atoms with Crippen LogP contribution < -0.4 is 14.9 Å². The minimum absolute atomic E-state index is 0.170. The van der Waals surface area contributed by atoms with Gasteiger partial charge in [0.2, 0.25) is 0 Å². The number of esters is 1. The zero-order chi connectivity index (χ0) is 20.0. The van der Waals surface area contributed by atoms with Crippen molar-refractivity contribution in [2.75, 3.05) is 7.11 Å². The van der Waals surface area contributed by atoms with Gasteiger partial charge in [-0.3, -0.25) is 9.59 Å². The van der Waals surface area contributed by atoms with Crippen LogP contribution in [-0.4, -0.2) is 39.9 Å². The summed E-state index contributed by atoms with van der Waals surface area (Å²) < 4.78 is 11.4. The second kappa shape index (κ2) is 8.56. The molecular weight excluding hydrogens is 358 g/mol. The van der Waals surface area contributed by atoms with Crippen LogP contribution >= 0.6 is 0 Å². The first-order chi connectivity index (χ1) is 12.8. The average molecular weight is 375 g/mol. The van der Waals surface area contributed by atoms with Crippen molar-refractivity contribution in [1.29, 1.82) is 0 Å². The van der Waals surface area contributed by atoms with Gasteiger partial charge < -0.3 is 19.6 Å². The standard InChI is InChI=1S/C16H17N5O6/c1-10-7-14(21(24)25)19-20(10)9-15(23)18-17-8-12-5-4-6-13(26-3)16(12)27-11(2)22/h4-8H,9H2,1-3H3,(H,18,23)/b17-8-. The molecule has 27 heavy (non-hydrogen) atoms. The minimum Gasteiger partial charge on any atom is -0.493 e. The Kier molecular flexibility index (Phi) is 6.20. The number of carbonyl (C=O) groups is 2. The molecule has 1 N–H and O–H groups in total. The number of nitro groups is 1. The first kappa shape index (κ1) is 19.6. The van der Waals surface area contributed by atoms with Crippen LogP contribution in [-0.2, 0) is 16.1 Å². The van der Waals surface area contributed by atoms with Gasteiger partial charge in [-0.2, -0.15) is 9.78 Å². The summed E-state index contributed by atoms with van der Waals surface area (Å²) in [6.07, 6.45) is 1.29. The van der Waals surface area contributed by atoms with E-state index in [0.717, 1.165) is 0 Å². The summed E-state index contributed by atoms with van der Waals surface area (Å²) in [5.41, 5.74) is 3.16. The number of nitrogens with zero attached hydrogens (tertiary/aromatic N) is 4. The van der Waals surface area contributed by atoms with E-state index in [4.69, 9.17) is 9.47 Å². The SMILES string of the molecule is COc1cccc(/C=N\NC(=O)Cn2nc([N+](=O)[O-])cc2C)c1OC(C)=O. The van der Waals surface area contributed by atoms with Crippen LogP contribution in [0, 0.1) is 17.0 Å². The van der Waals surface area contributed by atoms with E-state index in [0.29, 0.717) is 17.0 Å². The molecule has 1 aromatic heterocycles. The summed E-state index contributed by atoms with van der Waals surface area (Å²) >= 11 is 0. The fourth-order valence-electron chi connectivity index (χ4n) is 2.14. The van der Waals surface area contributed by atoms with Crippen molar-refractivity contribution in [2.45, 2.75) is 20.4 Å². The Bertz CT molecular complexity index is 905. The minimum atomic E-state index is -0.640. The number of hydrogen-bond donors (Lipinski definition) is 1. The fraction of sp³-hybridized carbons (Fsp3) is 0.250. The maximum absolute atomic E-state index is 12.0. The van der Waals surface area contributed by atoms with E-state index in [1.807, 2.05) is 0 Å². The van der Waals surface area contributed by atoms with Crippen molar-refractivity contribution in [2.24, 2.45) is 5.10 Å². The van der Waals surface area contributed by atoms with Crippen LogP contribution in [0.4, 0.5) is 5.82 Å². The molecule has 0 spiro atoms. The first-order valence-corrected chi connectivity index (χ1v) is 7.68. The molecule has 0 fully saturated rings. The molecule has 2 aromatic rings. The molecule has 0 saturated carbocycles. The lowest BCUT2D eigenvalue weighted by atomic mass is 10.2. The van der Waals surface area contributed by atoms with Gasteiger partial charge in [-0.25, -0.2) is 5.43 Å². The second-order valence-corrected chi connectivity index (χ2v) is 5.32. The Morgan fingerprint density at radius 2 is 2.19 bits per heavy atom. The number of nitrogens with one attached hydrogen (secondary N) is 1. The molecule has 0 bridgehead atoms. The van der Waals surface area contributed by atoms with Gasteiger partial charge in [-0.15, -0.1) is 0 Å². The van der Waals surface area contributed by atoms with E-state index in [1.165, 1.54) is 31.0 Å². The Labute approximate surface area is 153 Å². The van der Waals surface area contributed by atoms with Crippen molar-refractivity contribution in [3.05, 3.63) is 45.6 Å². The molecule has 0 saturated heterocycles. The predicted octanol–water partition coefficient (Wildman–Crippen LogP) is 1.18. The van der Waals surface area contributed by atoms with Crippen molar-refractivity contribution < 1.29 is 24.0 Å². The smallest absolute Gasteiger partial charge is 0.390 e. The Morgan fingerprint density at radius 1 is 1.44 bits per heavy atom. The van der Waals surface area contributed by atoms with Gasteiger partial charge in [0.25, 0.3) is 5.91 Å². The number of aryl methyl sites for hydroxylation is 1. The third-order valence-corrected chi connectivity index (χ3v) is 3.32. The van der Waals surface area contributed by atoms with E-state index in [1.54, 1.807) is 25.1 Å². The van der Waals surface area contributed by atoms with Gasteiger partial charge >= 0.3 is 11.8 Å². The summed E-state index contributed by atoms with van der Waals surface area (Å²) in [5.74, 6) is -0.909. The van der Waals surface area contributed by atoms with Crippen LogP contribution in [0.3, 0.4) is 0 Å². The molecule has 0 aliphatic rings. The topological polar surface area (TPSA) is 138 Å². The molecule has 1 amide bonds. The highest BCUT2D eigenvalue weighted by atomic mass is 16.6. The molecule has 0 radical (unpaired) electrons. The summed E-state index contributed by atoms with van der Waals surface area (Å²) in [4.78, 5) is 33.3. The van der Waals surface area contributed by atoms with Crippen LogP contribution in [0.5, 0.6) is 11.5 Å². The predicted molar refractivity (Wildman–Crippen MR) is 93.7 cm³/mol. The highest BCUT2D eigenvalue weighted by Crippen LogP contribution is 2.30. The third-order valence-electron chi connectivity index (χ3n) is 3.32. The largest absolute Gasteiger partial charge is 0.493 e. The number of amides is 1. The third kappa shape index (κ3) is 5.11. The summed E-state index contributed by atoms with van der Waals surface area (Å²) in [7, 11) is 1.43. The highest BCUT2D eigenvalue weighted by Gasteiger charge is 2.17. The van der Waals surface area contributed by atoms with Crippen LogP contribution in [0.2, 0.25) is 0 Å². The lowest BCUT2D eigenvalue weighted by Crippen LogP contribution is -2.24. The van der Waals surface area contributed by atoms with Crippen molar-refractivity contribution >= 4 is 23.9 Å². The number of hydrazone groups is 1. The van der Waals surface area contributed by atoms with Gasteiger partial charge in [-0.05, 0) is 24.0 Å². The molecule has 142 valence electrons. The van der Waals surface area contributed by atoms with Crippen molar-refractivity contribution in [3.63, 3.8) is 0 Å². The average Bonchev–Trinajstić information content (AvgIpc) is 2.96. The van der Waals surface area contributed by atoms with Gasteiger partial charge in [0.15, 0.2) is 11.5 Å². The zero-order valence-electron chi connectivity index (χ0n) is 14.8. The van der Waals surface area contributed by atoms with Gasteiger partial charge in [0.1, 0.15) is 6.54 Å². The molecule has 2 rings (SSSR count). The van der Waals surface area contributed by atoms with E-state index < -0.39 is 16.8 Å². The van der Waals surface area contributed by atoms with Crippen LogP contribution in [0.1, 0.15) is 18.2 Å². The van der Waals surface area contributed by atoms with E-state index in [9.17, 15) is 19.7 Å². The fourth-order valence-corrected chi connectivity index (χ4v) is 2.14. The number of carbonyl (C=O) groups excluding carboxylic acids is 2.